The quantitative estimate of drug-likeness (QED) is 0.600. The van der Waals surface area contributed by atoms with E-state index >= 15 is 0 Å². The predicted molar refractivity (Wildman–Crippen MR) is 87.6 cm³/mol. The number of carboxylic acids is 1. The van der Waals surface area contributed by atoms with Gasteiger partial charge in [0.1, 0.15) is 5.75 Å². The Morgan fingerprint density at radius 3 is 2.46 bits per heavy atom. The van der Waals surface area contributed by atoms with Crippen molar-refractivity contribution in [3.05, 3.63) is 59.7 Å². The Balaban J connectivity index is 2.04. The third-order valence-corrected chi connectivity index (χ3v) is 3.13. The van der Waals surface area contributed by atoms with Crippen molar-refractivity contribution in [1.82, 2.24) is 0 Å². The second kappa shape index (κ2) is 7.82. The van der Waals surface area contributed by atoms with Crippen LogP contribution in [0.1, 0.15) is 15.9 Å². The molecule has 0 radical (unpaired) electrons. The van der Waals surface area contributed by atoms with Crippen LogP contribution < -0.4 is 9.47 Å². The van der Waals surface area contributed by atoms with Gasteiger partial charge in [0.05, 0.1) is 7.11 Å². The first-order chi connectivity index (χ1) is 11.5. The number of ether oxygens (including phenoxy) is 2. The minimum Gasteiger partial charge on any atom is -0.504 e. The first kappa shape index (κ1) is 17.1. The molecule has 6 heteroatoms. The molecular weight excluding hydrogens is 312 g/mol. The molecule has 2 rings (SSSR count). The van der Waals surface area contributed by atoms with Gasteiger partial charge in [-0.1, -0.05) is 18.2 Å². The van der Waals surface area contributed by atoms with E-state index in [2.05, 4.69) is 0 Å². The van der Waals surface area contributed by atoms with Crippen molar-refractivity contribution >= 4 is 17.8 Å². The van der Waals surface area contributed by atoms with E-state index in [1.807, 2.05) is 0 Å². The Morgan fingerprint density at radius 2 is 1.83 bits per heavy atom. The van der Waals surface area contributed by atoms with Crippen molar-refractivity contribution in [2.24, 2.45) is 0 Å². The fourth-order valence-electron chi connectivity index (χ4n) is 1.92. The van der Waals surface area contributed by atoms with Crippen molar-refractivity contribution in [2.45, 2.75) is 0 Å². The van der Waals surface area contributed by atoms with Gasteiger partial charge in [-0.2, -0.15) is 0 Å². The summed E-state index contributed by atoms with van der Waals surface area (Å²) in [6.07, 6.45) is 3.03. The van der Waals surface area contributed by atoms with Crippen LogP contribution in [0.25, 0.3) is 6.08 Å². The topological polar surface area (TPSA) is 93.1 Å². The van der Waals surface area contributed by atoms with Crippen molar-refractivity contribution < 1.29 is 29.3 Å². The van der Waals surface area contributed by atoms with Crippen molar-refractivity contribution in [2.75, 3.05) is 13.7 Å². The number of phenols is 1. The molecule has 0 aliphatic rings. The van der Waals surface area contributed by atoms with E-state index in [0.29, 0.717) is 11.3 Å². The summed E-state index contributed by atoms with van der Waals surface area (Å²) in [4.78, 5) is 22.5. The SMILES string of the molecule is COc1cc(C(=O)/C=C/c2ccc(OCC(=O)O)cc2)ccc1O. The molecule has 2 aromatic carbocycles. The molecule has 0 saturated heterocycles. The molecule has 6 nitrogen and oxygen atoms in total. The van der Waals surface area contributed by atoms with Crippen LogP contribution in [-0.4, -0.2) is 35.7 Å². The van der Waals surface area contributed by atoms with Gasteiger partial charge in [-0.05, 0) is 42.0 Å². The Hall–Kier alpha value is -3.28. The lowest BCUT2D eigenvalue weighted by Gasteiger charge is -2.04. The lowest BCUT2D eigenvalue weighted by molar-refractivity contribution is -0.139. The highest BCUT2D eigenvalue weighted by Gasteiger charge is 2.07. The summed E-state index contributed by atoms with van der Waals surface area (Å²) < 4.78 is 10.00. The van der Waals surface area contributed by atoms with Crippen LogP contribution in [0.3, 0.4) is 0 Å². The Kier molecular flexibility index (Phi) is 5.57. The second-order valence-corrected chi connectivity index (χ2v) is 4.84. The predicted octanol–water partition coefficient (Wildman–Crippen LogP) is 2.76. The molecule has 0 bridgehead atoms. The molecule has 0 aliphatic carbocycles. The standard InChI is InChI=1S/C18H16O6/c1-23-17-10-13(5-9-16(17)20)15(19)8-4-12-2-6-14(7-3-12)24-11-18(21)22/h2-10,20H,11H2,1H3,(H,21,22)/b8-4+. The molecule has 0 aromatic heterocycles. The minimum absolute atomic E-state index is 0.0324. The van der Waals surface area contributed by atoms with Crippen LogP contribution in [0.5, 0.6) is 17.2 Å². The van der Waals surface area contributed by atoms with Gasteiger partial charge >= 0.3 is 5.97 Å². The highest BCUT2D eigenvalue weighted by atomic mass is 16.5. The lowest BCUT2D eigenvalue weighted by Crippen LogP contribution is -2.09. The van der Waals surface area contributed by atoms with Crippen molar-refractivity contribution in [1.29, 1.82) is 0 Å². The average Bonchev–Trinajstić information content (AvgIpc) is 2.59. The Morgan fingerprint density at radius 1 is 1.12 bits per heavy atom. The summed E-state index contributed by atoms with van der Waals surface area (Å²) in [5.41, 5.74) is 1.15. The van der Waals surface area contributed by atoms with E-state index in [0.717, 1.165) is 5.56 Å². The van der Waals surface area contributed by atoms with Crippen LogP contribution >= 0.6 is 0 Å². The normalized spacial score (nSPS) is 10.5. The zero-order chi connectivity index (χ0) is 17.5. The zero-order valence-corrected chi connectivity index (χ0v) is 12.9. The lowest BCUT2D eigenvalue weighted by atomic mass is 10.1. The molecule has 0 spiro atoms. The number of carboxylic acid groups (broad SMARTS) is 1. The number of methoxy groups -OCH3 is 1. The summed E-state index contributed by atoms with van der Waals surface area (Å²) in [7, 11) is 1.41. The maximum Gasteiger partial charge on any atom is 0.341 e. The monoisotopic (exact) mass is 328 g/mol. The van der Waals surface area contributed by atoms with Crippen LogP contribution in [0.15, 0.2) is 48.5 Å². The number of aliphatic carboxylic acids is 1. The summed E-state index contributed by atoms with van der Waals surface area (Å²) in [5.74, 6) is -0.651. The Bertz CT molecular complexity index is 762. The number of allylic oxidation sites excluding steroid dienone is 1. The van der Waals surface area contributed by atoms with E-state index in [1.54, 1.807) is 30.3 Å². The number of rotatable bonds is 7. The summed E-state index contributed by atoms with van der Waals surface area (Å²) in [5, 5.41) is 18.1. The fraction of sp³-hybridized carbons (Fsp3) is 0.111. The van der Waals surface area contributed by atoms with E-state index in [-0.39, 0.29) is 17.3 Å². The summed E-state index contributed by atoms with van der Waals surface area (Å²) in [6, 6.07) is 11.0. The first-order valence-corrected chi connectivity index (χ1v) is 7.03. The molecule has 0 saturated carbocycles. The molecular formula is C18H16O6. The number of aromatic hydroxyl groups is 1. The number of ketones is 1. The van der Waals surface area contributed by atoms with Crippen molar-refractivity contribution in [3.63, 3.8) is 0 Å². The van der Waals surface area contributed by atoms with Gasteiger partial charge in [-0.25, -0.2) is 4.79 Å². The molecule has 0 aliphatic heterocycles. The Labute approximate surface area is 138 Å². The largest absolute Gasteiger partial charge is 0.504 e. The smallest absolute Gasteiger partial charge is 0.341 e. The molecule has 0 fully saturated rings. The maximum absolute atomic E-state index is 12.1. The van der Waals surface area contributed by atoms with E-state index in [1.165, 1.54) is 31.4 Å². The van der Waals surface area contributed by atoms with Crippen LogP contribution in [-0.2, 0) is 4.79 Å². The number of benzene rings is 2. The molecule has 2 N–H and O–H groups in total. The van der Waals surface area contributed by atoms with E-state index in [9.17, 15) is 14.7 Å². The number of carbonyl (C=O) groups is 2. The molecule has 0 amide bonds. The highest BCUT2D eigenvalue weighted by Crippen LogP contribution is 2.26. The zero-order valence-electron chi connectivity index (χ0n) is 12.9. The number of phenolic OH excluding ortho intramolecular Hbond substituents is 1. The maximum atomic E-state index is 12.1. The van der Waals surface area contributed by atoms with E-state index in [4.69, 9.17) is 14.6 Å². The molecule has 0 atom stereocenters. The average molecular weight is 328 g/mol. The summed E-state index contributed by atoms with van der Waals surface area (Å²) >= 11 is 0. The van der Waals surface area contributed by atoms with Crippen LogP contribution in [0.2, 0.25) is 0 Å². The van der Waals surface area contributed by atoms with Gasteiger partial charge in [-0.3, -0.25) is 4.79 Å². The first-order valence-electron chi connectivity index (χ1n) is 7.03. The van der Waals surface area contributed by atoms with Crippen LogP contribution in [0, 0.1) is 0 Å². The van der Waals surface area contributed by atoms with Gasteiger partial charge in [0.25, 0.3) is 0 Å². The minimum atomic E-state index is -1.05. The number of carbonyl (C=O) groups excluding carboxylic acids is 1. The molecule has 2 aromatic rings. The third-order valence-electron chi connectivity index (χ3n) is 3.13. The summed E-state index contributed by atoms with van der Waals surface area (Å²) in [6.45, 7) is -0.406. The highest BCUT2D eigenvalue weighted by molar-refractivity contribution is 6.07. The van der Waals surface area contributed by atoms with Gasteiger partial charge in [0.2, 0.25) is 0 Å². The molecule has 24 heavy (non-hydrogen) atoms. The molecule has 124 valence electrons. The molecule has 0 heterocycles. The van der Waals surface area contributed by atoms with Gasteiger partial charge < -0.3 is 19.7 Å². The van der Waals surface area contributed by atoms with E-state index < -0.39 is 12.6 Å². The number of hydrogen-bond acceptors (Lipinski definition) is 5. The van der Waals surface area contributed by atoms with Gasteiger partial charge in [0.15, 0.2) is 23.9 Å². The van der Waals surface area contributed by atoms with Gasteiger partial charge in [0, 0.05) is 5.56 Å². The third kappa shape index (κ3) is 4.61. The van der Waals surface area contributed by atoms with Crippen LogP contribution in [0.4, 0.5) is 0 Å². The second-order valence-electron chi connectivity index (χ2n) is 4.84. The fourth-order valence-corrected chi connectivity index (χ4v) is 1.92. The van der Waals surface area contributed by atoms with Crippen molar-refractivity contribution in [3.8, 4) is 17.2 Å². The van der Waals surface area contributed by atoms with Gasteiger partial charge in [-0.15, -0.1) is 0 Å². The molecule has 0 unspecified atom stereocenters. The number of hydrogen-bond donors (Lipinski definition) is 2.